The van der Waals surface area contributed by atoms with E-state index in [1.54, 1.807) is 12.1 Å². The quantitative estimate of drug-likeness (QED) is 0.786. The fourth-order valence-electron chi connectivity index (χ4n) is 2.52. The summed E-state index contributed by atoms with van der Waals surface area (Å²) in [5.74, 6) is -0.203. The van der Waals surface area contributed by atoms with Crippen LogP contribution >= 0.6 is 0 Å². The number of hydrogen-bond acceptors (Lipinski definition) is 2. The molecule has 4 heteroatoms. The summed E-state index contributed by atoms with van der Waals surface area (Å²) >= 11 is 0. The lowest BCUT2D eigenvalue weighted by Gasteiger charge is -2.12. The first-order chi connectivity index (χ1) is 10.2. The van der Waals surface area contributed by atoms with Crippen molar-refractivity contribution in [2.45, 2.75) is 46.6 Å². The van der Waals surface area contributed by atoms with E-state index in [-0.39, 0.29) is 5.82 Å². The Hall–Kier alpha value is -1.68. The van der Waals surface area contributed by atoms with E-state index in [1.807, 2.05) is 17.8 Å². The molecule has 3 nitrogen and oxygen atoms in total. The smallest absolute Gasteiger partial charge is 0.123 e. The molecule has 2 rings (SSSR count). The second kappa shape index (κ2) is 7.36. The minimum absolute atomic E-state index is 0.203. The van der Waals surface area contributed by atoms with E-state index >= 15 is 0 Å². The maximum atomic E-state index is 13.3. The third-order valence-corrected chi connectivity index (χ3v) is 3.57. The van der Waals surface area contributed by atoms with Gasteiger partial charge in [-0.2, -0.15) is 5.10 Å². The lowest BCUT2D eigenvalue weighted by Crippen LogP contribution is -2.15. The number of aryl methyl sites for hydroxylation is 1. The minimum Gasteiger partial charge on any atom is -0.313 e. The van der Waals surface area contributed by atoms with E-state index in [1.165, 1.54) is 17.3 Å². The first kappa shape index (κ1) is 15.7. The average Bonchev–Trinajstić information content (AvgIpc) is 2.83. The average molecular weight is 289 g/mol. The fraction of sp³-hybridized carbons (Fsp3) is 0.471. The van der Waals surface area contributed by atoms with Gasteiger partial charge in [0.2, 0.25) is 0 Å². The van der Waals surface area contributed by atoms with Crippen LogP contribution in [0.4, 0.5) is 4.39 Å². The molecule has 0 aliphatic heterocycles. The van der Waals surface area contributed by atoms with Gasteiger partial charge in [-0.25, -0.2) is 9.07 Å². The van der Waals surface area contributed by atoms with Crippen LogP contribution in [0.25, 0.3) is 5.69 Å². The summed E-state index contributed by atoms with van der Waals surface area (Å²) in [7, 11) is 0. The number of benzene rings is 1. The van der Waals surface area contributed by atoms with Crippen LogP contribution in [0, 0.1) is 12.7 Å². The van der Waals surface area contributed by atoms with Crippen LogP contribution in [0.1, 0.15) is 43.5 Å². The molecule has 0 saturated heterocycles. The highest BCUT2D eigenvalue weighted by Crippen LogP contribution is 2.20. The summed E-state index contributed by atoms with van der Waals surface area (Å²) < 4.78 is 15.2. The van der Waals surface area contributed by atoms with Gasteiger partial charge in [0.05, 0.1) is 11.9 Å². The Bertz CT molecular complexity index is 590. The van der Waals surface area contributed by atoms with E-state index in [0.717, 1.165) is 43.6 Å². The summed E-state index contributed by atoms with van der Waals surface area (Å²) in [6, 6.07) is 4.86. The van der Waals surface area contributed by atoms with Crippen molar-refractivity contribution in [3.8, 4) is 5.69 Å². The molecule has 1 N–H and O–H groups in total. The van der Waals surface area contributed by atoms with Gasteiger partial charge < -0.3 is 5.32 Å². The highest BCUT2D eigenvalue weighted by molar-refractivity contribution is 5.42. The summed E-state index contributed by atoms with van der Waals surface area (Å²) in [6.45, 7) is 8.09. The van der Waals surface area contributed by atoms with Crippen molar-refractivity contribution in [2.24, 2.45) is 0 Å². The maximum absolute atomic E-state index is 13.3. The van der Waals surface area contributed by atoms with Crippen LogP contribution in [-0.2, 0) is 13.0 Å². The molecule has 0 unspecified atom stereocenters. The van der Waals surface area contributed by atoms with Gasteiger partial charge in [-0.05, 0) is 50.1 Å². The van der Waals surface area contributed by atoms with Crippen molar-refractivity contribution < 1.29 is 4.39 Å². The Morgan fingerprint density at radius 2 is 2.05 bits per heavy atom. The molecule has 114 valence electrons. The van der Waals surface area contributed by atoms with Crippen LogP contribution in [0.3, 0.4) is 0 Å². The maximum Gasteiger partial charge on any atom is 0.123 e. The normalized spacial score (nSPS) is 11.0. The number of halogens is 1. The first-order valence-electron chi connectivity index (χ1n) is 7.70. The van der Waals surface area contributed by atoms with Gasteiger partial charge in [0.1, 0.15) is 5.82 Å². The molecule has 0 amide bonds. The summed E-state index contributed by atoms with van der Waals surface area (Å²) in [4.78, 5) is 0. The van der Waals surface area contributed by atoms with Crippen molar-refractivity contribution in [1.82, 2.24) is 15.1 Å². The van der Waals surface area contributed by atoms with Crippen LogP contribution in [-0.4, -0.2) is 16.3 Å². The number of rotatable bonds is 7. The molecule has 0 fully saturated rings. The predicted molar refractivity (Wildman–Crippen MR) is 84.3 cm³/mol. The largest absolute Gasteiger partial charge is 0.313 e. The molecule has 1 heterocycles. The SMILES string of the molecule is CCCNCc1cnn(-c2ccc(F)cc2C)c1CCC. The molecule has 0 aliphatic carbocycles. The van der Waals surface area contributed by atoms with Gasteiger partial charge in [-0.1, -0.05) is 20.3 Å². The molecule has 0 aliphatic rings. The van der Waals surface area contributed by atoms with E-state index in [0.29, 0.717) is 0 Å². The van der Waals surface area contributed by atoms with E-state index in [4.69, 9.17) is 0 Å². The summed E-state index contributed by atoms with van der Waals surface area (Å²) in [5.41, 5.74) is 4.31. The Labute approximate surface area is 126 Å². The highest BCUT2D eigenvalue weighted by atomic mass is 19.1. The van der Waals surface area contributed by atoms with Crippen molar-refractivity contribution in [3.05, 3.63) is 47.0 Å². The van der Waals surface area contributed by atoms with Gasteiger partial charge in [-0.3, -0.25) is 0 Å². The summed E-state index contributed by atoms with van der Waals surface area (Å²) in [6.07, 6.45) is 5.08. The third kappa shape index (κ3) is 3.70. The zero-order valence-corrected chi connectivity index (χ0v) is 13.1. The molecule has 21 heavy (non-hydrogen) atoms. The molecule has 0 atom stereocenters. The van der Waals surface area contributed by atoms with Gasteiger partial charge >= 0.3 is 0 Å². The Morgan fingerprint density at radius 3 is 2.71 bits per heavy atom. The molecule has 2 aromatic rings. The molecule has 0 radical (unpaired) electrons. The van der Waals surface area contributed by atoms with E-state index < -0.39 is 0 Å². The zero-order chi connectivity index (χ0) is 15.2. The van der Waals surface area contributed by atoms with Gasteiger partial charge in [-0.15, -0.1) is 0 Å². The van der Waals surface area contributed by atoms with E-state index in [2.05, 4.69) is 24.3 Å². The van der Waals surface area contributed by atoms with Crippen molar-refractivity contribution in [3.63, 3.8) is 0 Å². The lowest BCUT2D eigenvalue weighted by molar-refractivity contribution is 0.625. The number of nitrogens with zero attached hydrogens (tertiary/aromatic N) is 2. The van der Waals surface area contributed by atoms with Gasteiger partial charge in [0.25, 0.3) is 0 Å². The van der Waals surface area contributed by atoms with Crippen LogP contribution < -0.4 is 5.32 Å². The lowest BCUT2D eigenvalue weighted by atomic mass is 10.1. The summed E-state index contributed by atoms with van der Waals surface area (Å²) in [5, 5.41) is 7.95. The second-order valence-corrected chi connectivity index (χ2v) is 5.39. The standard InChI is InChI=1S/C17H24FN3/c1-4-6-17-14(11-19-9-5-2)12-20-21(17)16-8-7-15(18)10-13(16)3/h7-8,10,12,19H,4-6,9,11H2,1-3H3. The molecule has 1 aromatic heterocycles. The second-order valence-electron chi connectivity index (χ2n) is 5.39. The zero-order valence-electron chi connectivity index (χ0n) is 13.1. The van der Waals surface area contributed by atoms with Gasteiger partial charge in [0, 0.05) is 17.8 Å². The van der Waals surface area contributed by atoms with Gasteiger partial charge in [0.15, 0.2) is 0 Å². The first-order valence-corrected chi connectivity index (χ1v) is 7.70. The highest BCUT2D eigenvalue weighted by Gasteiger charge is 2.13. The number of nitrogens with one attached hydrogen (secondary N) is 1. The predicted octanol–water partition coefficient (Wildman–Crippen LogP) is 3.77. The molecular weight excluding hydrogens is 265 g/mol. The molecule has 0 saturated carbocycles. The number of aromatic nitrogens is 2. The Morgan fingerprint density at radius 1 is 1.24 bits per heavy atom. The van der Waals surface area contributed by atoms with Crippen LogP contribution in [0.5, 0.6) is 0 Å². The Kier molecular flexibility index (Phi) is 5.51. The van der Waals surface area contributed by atoms with Crippen molar-refractivity contribution >= 4 is 0 Å². The molecule has 1 aromatic carbocycles. The van der Waals surface area contributed by atoms with E-state index in [9.17, 15) is 4.39 Å². The molecule has 0 bridgehead atoms. The third-order valence-electron chi connectivity index (χ3n) is 3.57. The number of hydrogen-bond donors (Lipinski definition) is 1. The topological polar surface area (TPSA) is 29.9 Å². The van der Waals surface area contributed by atoms with Crippen molar-refractivity contribution in [2.75, 3.05) is 6.54 Å². The van der Waals surface area contributed by atoms with Crippen LogP contribution in [0.15, 0.2) is 24.4 Å². The Balaban J connectivity index is 2.34. The molecule has 0 spiro atoms. The monoisotopic (exact) mass is 289 g/mol. The fourth-order valence-corrected chi connectivity index (χ4v) is 2.52. The molecular formula is C17H24FN3. The van der Waals surface area contributed by atoms with Crippen molar-refractivity contribution in [1.29, 1.82) is 0 Å². The van der Waals surface area contributed by atoms with Crippen LogP contribution in [0.2, 0.25) is 0 Å². The minimum atomic E-state index is -0.203.